The largest absolute Gasteiger partial charge is 0.497 e. The van der Waals surface area contributed by atoms with Crippen LogP contribution in [0.25, 0.3) is 0 Å². The molecule has 1 aliphatic rings. The van der Waals surface area contributed by atoms with Gasteiger partial charge in [-0.1, -0.05) is 0 Å². The summed E-state index contributed by atoms with van der Waals surface area (Å²) in [4.78, 5) is 13.2. The molecule has 15 heavy (non-hydrogen) atoms. The first-order valence-electron chi connectivity index (χ1n) is 5.23. The lowest BCUT2D eigenvalue weighted by Crippen LogP contribution is -2.19. The van der Waals surface area contributed by atoms with Crippen LogP contribution in [0, 0.1) is 0 Å². The maximum Gasteiger partial charge on any atom is 0.152 e. The molecule has 1 aliphatic heterocycles. The normalized spacial score (nSPS) is 15.4. The van der Waals surface area contributed by atoms with E-state index in [1.165, 1.54) is 12.8 Å². The predicted octanol–water partition coefficient (Wildman–Crippen LogP) is 2.11. The van der Waals surface area contributed by atoms with Crippen molar-refractivity contribution in [2.45, 2.75) is 12.8 Å². The van der Waals surface area contributed by atoms with Crippen LogP contribution in [0.3, 0.4) is 0 Å². The zero-order chi connectivity index (χ0) is 10.7. The van der Waals surface area contributed by atoms with Gasteiger partial charge in [-0.25, -0.2) is 0 Å². The number of benzene rings is 1. The van der Waals surface area contributed by atoms with Gasteiger partial charge in [0.05, 0.1) is 12.8 Å². The minimum absolute atomic E-state index is 0.748. The van der Waals surface area contributed by atoms with Gasteiger partial charge >= 0.3 is 0 Å². The molecule has 0 N–H and O–H groups in total. The molecule has 1 fully saturated rings. The fourth-order valence-corrected chi connectivity index (χ4v) is 1.98. The molecule has 0 aliphatic carbocycles. The smallest absolute Gasteiger partial charge is 0.152 e. The second-order valence-electron chi connectivity index (χ2n) is 3.74. The molecule has 0 aromatic heterocycles. The van der Waals surface area contributed by atoms with Gasteiger partial charge in [0.15, 0.2) is 6.29 Å². The van der Waals surface area contributed by atoms with Crippen molar-refractivity contribution in [1.82, 2.24) is 0 Å². The molecule has 1 saturated heterocycles. The lowest BCUT2D eigenvalue weighted by Gasteiger charge is -2.20. The fraction of sp³-hybridized carbons (Fsp3) is 0.417. The van der Waals surface area contributed by atoms with Crippen molar-refractivity contribution in [2.24, 2.45) is 0 Å². The van der Waals surface area contributed by atoms with Gasteiger partial charge in [0, 0.05) is 24.7 Å². The number of anilines is 1. The number of aldehydes is 1. The molecule has 0 radical (unpaired) electrons. The minimum Gasteiger partial charge on any atom is -0.497 e. The Kier molecular flexibility index (Phi) is 2.90. The third-order valence-electron chi connectivity index (χ3n) is 2.81. The summed E-state index contributed by atoms with van der Waals surface area (Å²) in [5.41, 5.74) is 1.75. The number of rotatable bonds is 3. The van der Waals surface area contributed by atoms with Gasteiger partial charge in [0.25, 0.3) is 0 Å². The minimum atomic E-state index is 0.748. The maximum atomic E-state index is 10.9. The Hall–Kier alpha value is -1.51. The summed E-state index contributed by atoms with van der Waals surface area (Å²) >= 11 is 0. The number of nitrogens with zero attached hydrogens (tertiary/aromatic N) is 1. The third kappa shape index (κ3) is 1.96. The Labute approximate surface area is 89.7 Å². The summed E-state index contributed by atoms with van der Waals surface area (Å²) in [6.07, 6.45) is 3.32. The van der Waals surface area contributed by atoms with E-state index in [9.17, 15) is 4.79 Å². The van der Waals surface area contributed by atoms with E-state index < -0.39 is 0 Å². The van der Waals surface area contributed by atoms with Crippen LogP contribution in [0.4, 0.5) is 5.69 Å². The van der Waals surface area contributed by atoms with Crippen LogP contribution in [-0.4, -0.2) is 26.5 Å². The first kappa shape index (κ1) is 10.0. The van der Waals surface area contributed by atoms with E-state index in [2.05, 4.69) is 4.90 Å². The molecule has 1 aromatic carbocycles. The highest BCUT2D eigenvalue weighted by atomic mass is 16.5. The quantitative estimate of drug-likeness (QED) is 0.708. The van der Waals surface area contributed by atoms with Crippen LogP contribution >= 0.6 is 0 Å². The summed E-state index contributed by atoms with van der Waals surface area (Å²) < 4.78 is 5.17. The van der Waals surface area contributed by atoms with Crippen LogP contribution in [0.15, 0.2) is 18.2 Å². The Morgan fingerprint density at radius 2 is 2.07 bits per heavy atom. The number of carbonyl (C=O) groups excluding carboxylic acids is 1. The van der Waals surface area contributed by atoms with Crippen molar-refractivity contribution in [3.63, 3.8) is 0 Å². The number of methoxy groups -OCH3 is 1. The zero-order valence-electron chi connectivity index (χ0n) is 8.90. The highest BCUT2D eigenvalue weighted by Gasteiger charge is 2.16. The van der Waals surface area contributed by atoms with E-state index in [-0.39, 0.29) is 0 Å². The molecular weight excluding hydrogens is 190 g/mol. The van der Waals surface area contributed by atoms with E-state index in [0.717, 1.165) is 36.4 Å². The molecule has 0 amide bonds. The second-order valence-corrected chi connectivity index (χ2v) is 3.74. The SMILES string of the molecule is COc1ccc(C=O)c(N2CCCC2)c1. The monoisotopic (exact) mass is 205 g/mol. The Balaban J connectivity index is 2.36. The molecular formula is C12H15NO2. The first-order valence-corrected chi connectivity index (χ1v) is 5.23. The molecule has 3 nitrogen and oxygen atoms in total. The summed E-state index contributed by atoms with van der Waals surface area (Å²) in [6.45, 7) is 2.07. The molecule has 80 valence electrons. The lowest BCUT2D eigenvalue weighted by atomic mass is 10.1. The summed E-state index contributed by atoms with van der Waals surface area (Å²) in [7, 11) is 1.64. The van der Waals surface area contributed by atoms with Crippen LogP contribution in [0.2, 0.25) is 0 Å². The van der Waals surface area contributed by atoms with Crippen molar-refractivity contribution in [1.29, 1.82) is 0 Å². The Morgan fingerprint density at radius 3 is 2.67 bits per heavy atom. The van der Waals surface area contributed by atoms with Crippen molar-refractivity contribution in [3.05, 3.63) is 23.8 Å². The third-order valence-corrected chi connectivity index (χ3v) is 2.81. The maximum absolute atomic E-state index is 10.9. The van der Waals surface area contributed by atoms with Crippen molar-refractivity contribution >= 4 is 12.0 Å². The summed E-state index contributed by atoms with van der Waals surface area (Å²) in [6, 6.07) is 5.58. The Morgan fingerprint density at radius 1 is 1.33 bits per heavy atom. The average molecular weight is 205 g/mol. The number of hydrogen-bond acceptors (Lipinski definition) is 3. The van der Waals surface area contributed by atoms with Crippen molar-refractivity contribution < 1.29 is 9.53 Å². The highest BCUT2D eigenvalue weighted by Crippen LogP contribution is 2.27. The molecule has 0 saturated carbocycles. The molecule has 2 rings (SSSR count). The van der Waals surface area contributed by atoms with Gasteiger partial charge in [-0.05, 0) is 25.0 Å². The standard InChI is InChI=1S/C12H15NO2/c1-15-11-5-4-10(9-14)12(8-11)13-6-2-3-7-13/h4-5,8-9H,2-3,6-7H2,1H3. The average Bonchev–Trinajstić information content (AvgIpc) is 2.81. The summed E-state index contributed by atoms with van der Waals surface area (Å²) in [5, 5.41) is 0. The zero-order valence-corrected chi connectivity index (χ0v) is 8.90. The van der Waals surface area contributed by atoms with Crippen LogP contribution in [0.1, 0.15) is 23.2 Å². The lowest BCUT2D eigenvalue weighted by molar-refractivity contribution is 0.112. The van der Waals surface area contributed by atoms with E-state index >= 15 is 0 Å². The molecule has 0 spiro atoms. The van der Waals surface area contributed by atoms with Gasteiger partial charge in [0.2, 0.25) is 0 Å². The van der Waals surface area contributed by atoms with E-state index in [4.69, 9.17) is 4.74 Å². The van der Waals surface area contributed by atoms with Gasteiger partial charge in [-0.3, -0.25) is 4.79 Å². The van der Waals surface area contributed by atoms with Gasteiger partial charge in [-0.2, -0.15) is 0 Å². The van der Waals surface area contributed by atoms with Crippen LogP contribution in [0.5, 0.6) is 5.75 Å². The predicted molar refractivity (Wildman–Crippen MR) is 59.8 cm³/mol. The molecule has 0 bridgehead atoms. The van der Waals surface area contributed by atoms with Gasteiger partial charge < -0.3 is 9.64 Å². The van der Waals surface area contributed by atoms with Gasteiger partial charge in [-0.15, -0.1) is 0 Å². The molecule has 3 heteroatoms. The van der Waals surface area contributed by atoms with Crippen molar-refractivity contribution in [2.75, 3.05) is 25.1 Å². The van der Waals surface area contributed by atoms with Crippen LogP contribution in [-0.2, 0) is 0 Å². The molecule has 1 heterocycles. The van der Waals surface area contributed by atoms with Gasteiger partial charge in [0.1, 0.15) is 5.75 Å². The van der Waals surface area contributed by atoms with Crippen molar-refractivity contribution in [3.8, 4) is 5.75 Å². The van der Waals surface area contributed by atoms with Crippen LogP contribution < -0.4 is 9.64 Å². The Bertz CT molecular complexity index is 357. The first-order chi connectivity index (χ1) is 7.35. The van der Waals surface area contributed by atoms with E-state index in [1.54, 1.807) is 7.11 Å². The fourth-order valence-electron chi connectivity index (χ4n) is 1.98. The van der Waals surface area contributed by atoms with E-state index in [0.29, 0.717) is 0 Å². The second kappa shape index (κ2) is 4.34. The molecule has 0 unspecified atom stereocenters. The number of ether oxygens (including phenoxy) is 1. The molecule has 1 aromatic rings. The topological polar surface area (TPSA) is 29.5 Å². The highest BCUT2D eigenvalue weighted by molar-refractivity contribution is 5.85. The number of carbonyl (C=O) groups is 1. The summed E-state index contributed by atoms with van der Waals surface area (Å²) in [5.74, 6) is 0.808. The number of hydrogen-bond donors (Lipinski definition) is 0. The molecule has 0 atom stereocenters. The van der Waals surface area contributed by atoms with E-state index in [1.807, 2.05) is 18.2 Å².